The van der Waals surface area contributed by atoms with Crippen molar-refractivity contribution in [2.75, 3.05) is 0 Å². The summed E-state index contributed by atoms with van der Waals surface area (Å²) in [7, 11) is 0. The molecule has 0 spiro atoms. The minimum atomic E-state index is -0.0927. The second-order valence-corrected chi connectivity index (χ2v) is 6.50. The zero-order chi connectivity index (χ0) is 16.0. The van der Waals surface area contributed by atoms with Crippen molar-refractivity contribution in [3.05, 3.63) is 69.2 Å². The molecule has 116 valence electrons. The van der Waals surface area contributed by atoms with E-state index < -0.39 is 0 Å². The predicted molar refractivity (Wildman–Crippen MR) is 93.7 cm³/mol. The standard InChI is InChI=1S/C19H17ClN2O/c1-12-21-16-11-10-15(13-6-5-7-13)18(20)17(16)19(23)22(12)14-8-3-2-4-9-14/h2-4,8-11,13H,5-7H2,1H3. The van der Waals surface area contributed by atoms with Crippen LogP contribution in [0.5, 0.6) is 0 Å². The molecule has 4 rings (SSSR count). The molecule has 0 radical (unpaired) electrons. The SMILES string of the molecule is Cc1nc2ccc(C3CCC3)c(Cl)c2c(=O)n1-c1ccccc1. The van der Waals surface area contributed by atoms with Gasteiger partial charge in [-0.25, -0.2) is 4.98 Å². The summed E-state index contributed by atoms with van der Waals surface area (Å²) < 4.78 is 1.64. The Kier molecular flexibility index (Phi) is 3.46. The molecule has 0 bridgehead atoms. The molecule has 1 aliphatic rings. The third-order valence-corrected chi connectivity index (χ3v) is 5.14. The topological polar surface area (TPSA) is 34.9 Å². The highest BCUT2D eigenvalue weighted by atomic mass is 35.5. The molecule has 0 N–H and O–H groups in total. The van der Waals surface area contributed by atoms with E-state index in [0.29, 0.717) is 27.7 Å². The first-order chi connectivity index (χ1) is 11.2. The molecule has 0 amide bonds. The van der Waals surface area contributed by atoms with Crippen LogP contribution in [0.25, 0.3) is 16.6 Å². The third kappa shape index (κ3) is 2.27. The van der Waals surface area contributed by atoms with Crippen molar-refractivity contribution in [1.82, 2.24) is 9.55 Å². The summed E-state index contributed by atoms with van der Waals surface area (Å²) in [5, 5.41) is 1.11. The first kappa shape index (κ1) is 14.5. The van der Waals surface area contributed by atoms with Gasteiger partial charge < -0.3 is 0 Å². The van der Waals surface area contributed by atoms with Gasteiger partial charge in [-0.3, -0.25) is 9.36 Å². The van der Waals surface area contributed by atoms with Gasteiger partial charge in [0.2, 0.25) is 0 Å². The van der Waals surface area contributed by atoms with E-state index in [1.165, 1.54) is 6.42 Å². The Morgan fingerprint density at radius 3 is 2.52 bits per heavy atom. The number of hydrogen-bond donors (Lipinski definition) is 0. The van der Waals surface area contributed by atoms with Crippen molar-refractivity contribution in [3.8, 4) is 5.69 Å². The molecular formula is C19H17ClN2O. The summed E-state index contributed by atoms with van der Waals surface area (Å²) in [5.41, 5.74) is 2.49. The number of aryl methyl sites for hydroxylation is 1. The van der Waals surface area contributed by atoms with Crippen LogP contribution in [0.15, 0.2) is 47.3 Å². The van der Waals surface area contributed by atoms with Crippen LogP contribution in [0.2, 0.25) is 5.02 Å². The average molecular weight is 325 g/mol. The minimum Gasteiger partial charge on any atom is -0.268 e. The normalized spacial score (nSPS) is 14.9. The molecule has 0 saturated heterocycles. The van der Waals surface area contributed by atoms with E-state index in [9.17, 15) is 4.79 Å². The first-order valence-corrected chi connectivity index (χ1v) is 8.32. The Morgan fingerprint density at radius 2 is 1.87 bits per heavy atom. The number of para-hydroxylation sites is 1. The molecule has 1 saturated carbocycles. The largest absolute Gasteiger partial charge is 0.268 e. The van der Waals surface area contributed by atoms with Crippen LogP contribution in [-0.4, -0.2) is 9.55 Å². The summed E-state index contributed by atoms with van der Waals surface area (Å²) in [5.74, 6) is 1.15. The molecule has 3 nitrogen and oxygen atoms in total. The number of fused-ring (bicyclic) bond motifs is 1. The van der Waals surface area contributed by atoms with Crippen LogP contribution in [-0.2, 0) is 0 Å². The molecule has 2 aromatic carbocycles. The Balaban J connectivity index is 2.02. The lowest BCUT2D eigenvalue weighted by molar-refractivity contribution is 0.420. The molecule has 1 aliphatic carbocycles. The molecule has 1 aromatic heterocycles. The fraction of sp³-hybridized carbons (Fsp3) is 0.263. The summed E-state index contributed by atoms with van der Waals surface area (Å²) in [4.78, 5) is 17.7. The van der Waals surface area contributed by atoms with Gasteiger partial charge in [-0.05, 0) is 49.4 Å². The summed E-state index contributed by atoms with van der Waals surface area (Å²) >= 11 is 6.61. The number of hydrogen-bond acceptors (Lipinski definition) is 2. The Bertz CT molecular complexity index is 943. The van der Waals surface area contributed by atoms with Crippen LogP contribution >= 0.6 is 11.6 Å². The first-order valence-electron chi connectivity index (χ1n) is 7.94. The Hall–Kier alpha value is -2.13. The van der Waals surface area contributed by atoms with Crippen molar-refractivity contribution in [3.63, 3.8) is 0 Å². The van der Waals surface area contributed by atoms with Gasteiger partial charge in [-0.15, -0.1) is 0 Å². The van der Waals surface area contributed by atoms with E-state index in [1.807, 2.05) is 49.4 Å². The highest BCUT2D eigenvalue weighted by molar-refractivity contribution is 6.36. The fourth-order valence-corrected chi connectivity index (χ4v) is 3.67. The number of benzene rings is 2. The molecule has 1 heterocycles. The Labute approximate surface area is 139 Å². The van der Waals surface area contributed by atoms with E-state index in [2.05, 4.69) is 4.98 Å². The molecule has 1 fully saturated rings. The fourth-order valence-electron chi connectivity index (χ4n) is 3.28. The average Bonchev–Trinajstić information content (AvgIpc) is 2.49. The van der Waals surface area contributed by atoms with Gasteiger partial charge >= 0.3 is 0 Å². The lowest BCUT2D eigenvalue weighted by Gasteiger charge is -2.27. The van der Waals surface area contributed by atoms with E-state index in [0.717, 1.165) is 24.1 Å². The summed E-state index contributed by atoms with van der Waals surface area (Å²) in [6.45, 7) is 1.85. The third-order valence-electron chi connectivity index (χ3n) is 4.73. The molecule has 0 atom stereocenters. The predicted octanol–water partition coefficient (Wildman–Crippen LogP) is 4.62. The maximum atomic E-state index is 13.1. The summed E-state index contributed by atoms with van der Waals surface area (Å²) in [6.07, 6.45) is 3.54. The molecule has 4 heteroatoms. The van der Waals surface area contributed by atoms with E-state index in [1.54, 1.807) is 4.57 Å². The molecule has 23 heavy (non-hydrogen) atoms. The van der Waals surface area contributed by atoms with Crippen molar-refractivity contribution < 1.29 is 0 Å². The van der Waals surface area contributed by atoms with Crippen molar-refractivity contribution in [2.24, 2.45) is 0 Å². The van der Waals surface area contributed by atoms with Crippen LogP contribution in [0.4, 0.5) is 0 Å². The van der Waals surface area contributed by atoms with Gasteiger partial charge in [0.15, 0.2) is 0 Å². The van der Waals surface area contributed by atoms with E-state index in [-0.39, 0.29) is 5.56 Å². The van der Waals surface area contributed by atoms with Crippen molar-refractivity contribution in [1.29, 1.82) is 0 Å². The number of aromatic nitrogens is 2. The van der Waals surface area contributed by atoms with Crippen molar-refractivity contribution in [2.45, 2.75) is 32.1 Å². The number of halogens is 1. The number of nitrogens with zero attached hydrogens (tertiary/aromatic N) is 2. The molecule has 3 aromatic rings. The van der Waals surface area contributed by atoms with Crippen LogP contribution < -0.4 is 5.56 Å². The van der Waals surface area contributed by atoms with Crippen LogP contribution in [0.1, 0.15) is 36.6 Å². The van der Waals surface area contributed by atoms with Crippen LogP contribution in [0, 0.1) is 6.92 Å². The zero-order valence-electron chi connectivity index (χ0n) is 12.9. The van der Waals surface area contributed by atoms with Crippen LogP contribution in [0.3, 0.4) is 0 Å². The van der Waals surface area contributed by atoms with E-state index >= 15 is 0 Å². The van der Waals surface area contributed by atoms with Gasteiger partial charge in [0, 0.05) is 0 Å². The second kappa shape index (κ2) is 5.50. The highest BCUT2D eigenvalue weighted by Gasteiger charge is 2.24. The highest BCUT2D eigenvalue weighted by Crippen LogP contribution is 2.41. The van der Waals surface area contributed by atoms with Gasteiger partial charge in [0.1, 0.15) is 5.82 Å². The monoisotopic (exact) mass is 324 g/mol. The maximum Gasteiger partial charge on any atom is 0.267 e. The Morgan fingerprint density at radius 1 is 1.13 bits per heavy atom. The summed E-state index contributed by atoms with van der Waals surface area (Å²) in [6, 6.07) is 13.5. The van der Waals surface area contributed by atoms with Gasteiger partial charge in [-0.1, -0.05) is 42.3 Å². The minimum absolute atomic E-state index is 0.0927. The van der Waals surface area contributed by atoms with E-state index in [4.69, 9.17) is 11.6 Å². The van der Waals surface area contributed by atoms with Gasteiger partial charge in [0.05, 0.1) is 21.6 Å². The molecule has 0 unspecified atom stereocenters. The lowest BCUT2D eigenvalue weighted by atomic mass is 9.80. The maximum absolute atomic E-state index is 13.1. The second-order valence-electron chi connectivity index (χ2n) is 6.13. The van der Waals surface area contributed by atoms with Crippen molar-refractivity contribution >= 4 is 22.5 Å². The van der Waals surface area contributed by atoms with Gasteiger partial charge in [-0.2, -0.15) is 0 Å². The smallest absolute Gasteiger partial charge is 0.267 e. The molecule has 0 aliphatic heterocycles. The number of rotatable bonds is 2. The quantitative estimate of drug-likeness (QED) is 0.689. The molecular weight excluding hydrogens is 308 g/mol. The lowest BCUT2D eigenvalue weighted by Crippen LogP contribution is -2.23. The van der Waals surface area contributed by atoms with Gasteiger partial charge in [0.25, 0.3) is 5.56 Å². The zero-order valence-corrected chi connectivity index (χ0v) is 13.7.